The van der Waals surface area contributed by atoms with Gasteiger partial charge < -0.3 is 51.1 Å². The van der Waals surface area contributed by atoms with Crippen LogP contribution in [0.4, 0.5) is 0 Å². The number of ether oxygens (including phenoxy) is 5. The van der Waals surface area contributed by atoms with Gasteiger partial charge in [0.05, 0.1) is 52.9 Å². The Labute approximate surface area is 345 Å². The number of hydrogen-bond donors (Lipinski definition) is 5. The Morgan fingerprint density at radius 3 is 1.67 bits per heavy atom. The first-order valence-corrected chi connectivity index (χ1v) is 20.9. The predicted octanol–water partition coefficient (Wildman–Crippen LogP) is 5.06. The first-order valence-electron chi connectivity index (χ1n) is 20.9. The van der Waals surface area contributed by atoms with Crippen LogP contribution in [0.5, 0.6) is 0 Å². The Balaban J connectivity index is -0.000000415. The Hall–Kier alpha value is -3.63. The summed E-state index contributed by atoms with van der Waals surface area (Å²) in [6, 6.07) is 7.94. The Morgan fingerprint density at radius 1 is 0.702 bits per heavy atom. The van der Waals surface area contributed by atoms with E-state index in [1.807, 2.05) is 92.6 Å². The summed E-state index contributed by atoms with van der Waals surface area (Å²) in [6.07, 6.45) is 3.22. The standard InChI is InChI=1S/C26H51N5O8.C8H8O2.4C2H6/c1-4-7-22(32)29-11-13-37-15-17-39-19-18-38-16-14-36-12-9-23(33)31-24(20(2)3)26(35)30-21(25(28)34)8-5-6-10-27;9-7-10-6-8-4-2-1-3-5-8;4*1-2/h20-21,24H,4-19,27H2,1-3H3,(H2,28,34)(H,29,32)(H,30,35)(H,31,33);1-5,7H,6H2;4*1-2H3. The van der Waals surface area contributed by atoms with Crippen LogP contribution in [0.1, 0.15) is 120 Å². The molecule has 15 heteroatoms. The summed E-state index contributed by atoms with van der Waals surface area (Å²) in [7, 11) is 0. The van der Waals surface area contributed by atoms with Gasteiger partial charge in [0.2, 0.25) is 23.6 Å². The maximum atomic E-state index is 12.7. The van der Waals surface area contributed by atoms with Gasteiger partial charge in [0, 0.05) is 19.4 Å². The number of benzene rings is 1. The van der Waals surface area contributed by atoms with Gasteiger partial charge in [-0.3, -0.25) is 24.0 Å². The van der Waals surface area contributed by atoms with Crippen molar-refractivity contribution in [3.63, 3.8) is 0 Å². The highest BCUT2D eigenvalue weighted by Crippen LogP contribution is 2.06. The van der Waals surface area contributed by atoms with E-state index >= 15 is 0 Å². The van der Waals surface area contributed by atoms with Crippen LogP contribution in [-0.2, 0) is 54.3 Å². The largest absolute Gasteiger partial charge is 0.463 e. The number of nitrogens with one attached hydrogen (secondary N) is 3. The van der Waals surface area contributed by atoms with Gasteiger partial charge in [-0.1, -0.05) is 106 Å². The van der Waals surface area contributed by atoms with E-state index in [1.165, 1.54) is 0 Å². The molecule has 0 spiro atoms. The first kappa shape index (κ1) is 62.6. The lowest BCUT2D eigenvalue weighted by molar-refractivity contribution is -0.132. The number of primary amides is 1. The van der Waals surface area contributed by atoms with Crippen LogP contribution in [0, 0.1) is 5.92 Å². The highest BCUT2D eigenvalue weighted by Gasteiger charge is 2.27. The molecule has 1 rings (SSSR count). The molecule has 0 aliphatic carbocycles. The maximum absolute atomic E-state index is 12.7. The molecule has 1 aromatic carbocycles. The second kappa shape index (κ2) is 52.4. The maximum Gasteiger partial charge on any atom is 0.293 e. The topological polar surface area (TPSA) is 220 Å². The highest BCUT2D eigenvalue weighted by molar-refractivity contribution is 5.91. The van der Waals surface area contributed by atoms with E-state index in [0.29, 0.717) is 91.7 Å². The molecule has 2 atom stereocenters. The van der Waals surface area contributed by atoms with Crippen LogP contribution in [0.3, 0.4) is 0 Å². The molecule has 1 aromatic rings. The number of hydrogen-bond acceptors (Lipinski definition) is 11. The zero-order valence-corrected chi connectivity index (χ0v) is 37.5. The minimum absolute atomic E-state index is 0.0346. The van der Waals surface area contributed by atoms with E-state index in [1.54, 1.807) is 13.8 Å². The molecule has 336 valence electrons. The summed E-state index contributed by atoms with van der Waals surface area (Å²) in [5.74, 6) is -1.55. The average molecular weight is 818 g/mol. The molecule has 0 aromatic heterocycles. The fourth-order valence-corrected chi connectivity index (χ4v) is 4.03. The molecule has 2 unspecified atom stereocenters. The molecular formula is C42H83N5O10. The van der Waals surface area contributed by atoms with Crippen LogP contribution in [0.2, 0.25) is 0 Å². The van der Waals surface area contributed by atoms with Gasteiger partial charge in [-0.05, 0) is 43.7 Å². The van der Waals surface area contributed by atoms with Gasteiger partial charge in [0.15, 0.2) is 0 Å². The number of carbonyl (C=O) groups is 5. The first-order chi connectivity index (χ1) is 27.7. The number of unbranched alkanes of at least 4 members (excludes halogenated alkanes) is 1. The lowest BCUT2D eigenvalue weighted by Gasteiger charge is -2.24. The lowest BCUT2D eigenvalue weighted by Crippen LogP contribution is -2.54. The van der Waals surface area contributed by atoms with Crippen LogP contribution < -0.4 is 27.4 Å². The third-order valence-corrected chi connectivity index (χ3v) is 6.67. The van der Waals surface area contributed by atoms with Gasteiger partial charge in [0.1, 0.15) is 18.7 Å². The molecule has 57 heavy (non-hydrogen) atoms. The molecule has 0 bridgehead atoms. The zero-order valence-electron chi connectivity index (χ0n) is 37.5. The quantitative estimate of drug-likeness (QED) is 0.0531. The summed E-state index contributed by atoms with van der Waals surface area (Å²) in [6.45, 7) is 26.4. The number of carbonyl (C=O) groups excluding carboxylic acids is 5. The van der Waals surface area contributed by atoms with E-state index in [-0.39, 0.29) is 30.8 Å². The lowest BCUT2D eigenvalue weighted by atomic mass is 10.0. The predicted molar refractivity (Wildman–Crippen MR) is 229 cm³/mol. The van der Waals surface area contributed by atoms with Gasteiger partial charge >= 0.3 is 0 Å². The van der Waals surface area contributed by atoms with Gasteiger partial charge in [-0.2, -0.15) is 0 Å². The van der Waals surface area contributed by atoms with Crippen molar-refractivity contribution in [3.05, 3.63) is 35.9 Å². The Bertz CT molecular complexity index is 1020. The van der Waals surface area contributed by atoms with Crippen molar-refractivity contribution >= 4 is 30.1 Å². The molecule has 0 saturated heterocycles. The van der Waals surface area contributed by atoms with Crippen molar-refractivity contribution < 1.29 is 47.7 Å². The third-order valence-electron chi connectivity index (χ3n) is 6.67. The van der Waals surface area contributed by atoms with E-state index in [2.05, 4.69) is 20.7 Å². The molecule has 0 aliphatic heterocycles. The van der Waals surface area contributed by atoms with E-state index < -0.39 is 23.9 Å². The van der Waals surface area contributed by atoms with Crippen molar-refractivity contribution in [2.45, 2.75) is 133 Å². The summed E-state index contributed by atoms with van der Waals surface area (Å²) < 4.78 is 26.2. The molecule has 15 nitrogen and oxygen atoms in total. The second-order valence-corrected chi connectivity index (χ2v) is 11.2. The molecule has 0 radical (unpaired) electrons. The van der Waals surface area contributed by atoms with E-state index in [9.17, 15) is 24.0 Å². The fraction of sp³-hybridized carbons (Fsp3) is 0.738. The number of amides is 4. The molecule has 4 amide bonds. The second-order valence-electron chi connectivity index (χ2n) is 11.2. The van der Waals surface area contributed by atoms with Gasteiger partial charge in [-0.25, -0.2) is 0 Å². The summed E-state index contributed by atoms with van der Waals surface area (Å²) in [4.78, 5) is 57.7. The van der Waals surface area contributed by atoms with Gasteiger partial charge in [0.25, 0.3) is 6.47 Å². The van der Waals surface area contributed by atoms with Gasteiger partial charge in [-0.15, -0.1) is 0 Å². The molecule has 0 aliphatic rings. The number of rotatable bonds is 29. The minimum atomic E-state index is -0.806. The molecule has 0 saturated carbocycles. The van der Waals surface area contributed by atoms with E-state index in [4.69, 9.17) is 30.4 Å². The molecule has 0 heterocycles. The van der Waals surface area contributed by atoms with Crippen LogP contribution in [0.15, 0.2) is 30.3 Å². The van der Waals surface area contributed by atoms with Crippen molar-refractivity contribution in [2.24, 2.45) is 17.4 Å². The Morgan fingerprint density at radius 2 is 1.21 bits per heavy atom. The molecule has 0 fully saturated rings. The van der Waals surface area contributed by atoms with Crippen LogP contribution >= 0.6 is 0 Å². The van der Waals surface area contributed by atoms with Crippen molar-refractivity contribution in [2.75, 3.05) is 65.9 Å². The van der Waals surface area contributed by atoms with Crippen molar-refractivity contribution in [1.82, 2.24) is 16.0 Å². The minimum Gasteiger partial charge on any atom is -0.463 e. The summed E-state index contributed by atoms with van der Waals surface area (Å²) in [5, 5.41) is 8.12. The van der Waals surface area contributed by atoms with E-state index in [0.717, 1.165) is 18.4 Å². The normalized spacial score (nSPS) is 10.6. The SMILES string of the molecule is CC.CC.CC.CC.CCCC(=O)NCCOCCOCCOCCOCCC(=O)NC(C(=O)NC(CCCCN)C(N)=O)C(C)C.O=COCc1ccccc1. The molecule has 7 N–H and O–H groups in total. The smallest absolute Gasteiger partial charge is 0.293 e. The van der Waals surface area contributed by atoms with Crippen LogP contribution in [-0.4, -0.2) is 108 Å². The monoisotopic (exact) mass is 818 g/mol. The van der Waals surface area contributed by atoms with Crippen LogP contribution in [0.25, 0.3) is 0 Å². The van der Waals surface area contributed by atoms with Crippen molar-refractivity contribution in [3.8, 4) is 0 Å². The third kappa shape index (κ3) is 44.9. The number of nitrogens with two attached hydrogens (primary N) is 2. The Kier molecular flexibility index (Phi) is 57.5. The highest BCUT2D eigenvalue weighted by atomic mass is 16.6. The molecular weight excluding hydrogens is 734 g/mol. The summed E-state index contributed by atoms with van der Waals surface area (Å²) in [5.41, 5.74) is 11.9. The fourth-order valence-electron chi connectivity index (χ4n) is 4.03. The summed E-state index contributed by atoms with van der Waals surface area (Å²) >= 11 is 0. The average Bonchev–Trinajstić information content (AvgIpc) is 3.23. The zero-order chi connectivity index (χ0) is 44.5. The van der Waals surface area contributed by atoms with Crippen molar-refractivity contribution in [1.29, 1.82) is 0 Å².